The van der Waals surface area contributed by atoms with E-state index in [4.69, 9.17) is 9.97 Å². The molecule has 0 aliphatic heterocycles. The Morgan fingerprint density at radius 2 is 1.38 bits per heavy atom. The van der Waals surface area contributed by atoms with Crippen molar-refractivity contribution in [1.29, 1.82) is 0 Å². The van der Waals surface area contributed by atoms with Gasteiger partial charge in [0, 0.05) is 32.9 Å². The van der Waals surface area contributed by atoms with Crippen LogP contribution in [0.5, 0.6) is 0 Å². The number of hydrogen-bond donors (Lipinski definition) is 0. The lowest BCUT2D eigenvalue weighted by Gasteiger charge is -2.22. The standard InChI is InChI=1S/C30H25N3Si/c1-18-26-22-14-19-10-8-9-11-20(19)15-23(22)29-27-24(31-17-32-29)16-25(34(2,3)4)30(28(26)27)33(18)21-12-6-5-7-13-21/h5-17H,1-4H3. The van der Waals surface area contributed by atoms with Crippen LogP contribution >= 0.6 is 0 Å². The summed E-state index contributed by atoms with van der Waals surface area (Å²) < 4.78 is 2.48. The van der Waals surface area contributed by atoms with Crippen LogP contribution in [0.1, 0.15) is 5.69 Å². The SMILES string of the molecule is Cc1c2c3cc4ccccc4cc3c3ncnc4cc([Si](C)(C)C)c(c2c43)n1-c1ccccc1. The van der Waals surface area contributed by atoms with Crippen LogP contribution in [0.15, 0.2) is 79.1 Å². The summed E-state index contributed by atoms with van der Waals surface area (Å²) in [4.78, 5) is 9.65. The van der Waals surface area contributed by atoms with Crippen molar-refractivity contribution in [1.82, 2.24) is 14.5 Å². The van der Waals surface area contributed by atoms with Crippen LogP contribution in [0.2, 0.25) is 19.6 Å². The van der Waals surface area contributed by atoms with Crippen LogP contribution in [-0.4, -0.2) is 22.6 Å². The van der Waals surface area contributed by atoms with Crippen molar-refractivity contribution in [2.45, 2.75) is 26.6 Å². The van der Waals surface area contributed by atoms with Crippen LogP contribution in [0.25, 0.3) is 59.9 Å². The largest absolute Gasteiger partial charge is 0.313 e. The van der Waals surface area contributed by atoms with Crippen molar-refractivity contribution in [2.75, 3.05) is 0 Å². The summed E-state index contributed by atoms with van der Waals surface area (Å²) in [6, 6.07) is 26.4. The van der Waals surface area contributed by atoms with Gasteiger partial charge in [-0.15, -0.1) is 0 Å². The molecule has 0 bridgehead atoms. The highest BCUT2D eigenvalue weighted by atomic mass is 28.3. The van der Waals surface area contributed by atoms with E-state index < -0.39 is 8.07 Å². The molecule has 7 rings (SSSR count). The van der Waals surface area contributed by atoms with E-state index in [0.29, 0.717) is 0 Å². The summed E-state index contributed by atoms with van der Waals surface area (Å²) in [6.07, 6.45) is 1.74. The maximum atomic E-state index is 4.86. The Hall–Kier alpha value is -3.76. The van der Waals surface area contributed by atoms with Crippen LogP contribution in [0.4, 0.5) is 0 Å². The predicted molar refractivity (Wildman–Crippen MR) is 148 cm³/mol. The summed E-state index contributed by atoms with van der Waals surface area (Å²) >= 11 is 0. The summed E-state index contributed by atoms with van der Waals surface area (Å²) in [5, 5.41) is 10.3. The molecule has 164 valence electrons. The van der Waals surface area contributed by atoms with E-state index in [-0.39, 0.29) is 0 Å². The van der Waals surface area contributed by atoms with Gasteiger partial charge in [-0.25, -0.2) is 9.97 Å². The van der Waals surface area contributed by atoms with Crippen LogP contribution in [0.3, 0.4) is 0 Å². The van der Waals surface area contributed by atoms with Gasteiger partial charge < -0.3 is 4.57 Å². The fraction of sp³-hybridized carbons (Fsp3) is 0.133. The first-order valence-corrected chi connectivity index (χ1v) is 15.4. The molecule has 7 aromatic rings. The molecule has 0 N–H and O–H groups in total. The van der Waals surface area contributed by atoms with E-state index in [1.807, 2.05) is 0 Å². The Morgan fingerprint density at radius 1 is 0.706 bits per heavy atom. The number of hydrogen-bond acceptors (Lipinski definition) is 2. The Morgan fingerprint density at radius 3 is 2.09 bits per heavy atom. The van der Waals surface area contributed by atoms with Gasteiger partial charge in [0.15, 0.2) is 0 Å². The minimum Gasteiger partial charge on any atom is -0.313 e. The molecular formula is C30H25N3Si. The van der Waals surface area contributed by atoms with Crippen LogP contribution < -0.4 is 5.19 Å². The second kappa shape index (κ2) is 6.64. The molecule has 0 radical (unpaired) electrons. The van der Waals surface area contributed by atoms with E-state index in [1.165, 1.54) is 59.8 Å². The molecule has 34 heavy (non-hydrogen) atoms. The zero-order valence-electron chi connectivity index (χ0n) is 19.8. The highest BCUT2D eigenvalue weighted by Gasteiger charge is 2.29. The van der Waals surface area contributed by atoms with Crippen molar-refractivity contribution >= 4 is 67.5 Å². The molecule has 0 aliphatic carbocycles. The van der Waals surface area contributed by atoms with E-state index in [9.17, 15) is 0 Å². The molecule has 2 heterocycles. The molecule has 0 saturated carbocycles. The van der Waals surface area contributed by atoms with Gasteiger partial charge in [-0.1, -0.05) is 62.1 Å². The van der Waals surface area contributed by atoms with Gasteiger partial charge in [0.25, 0.3) is 0 Å². The molecule has 5 aromatic carbocycles. The molecule has 0 unspecified atom stereocenters. The number of rotatable bonds is 2. The Bertz CT molecular complexity index is 1890. The lowest BCUT2D eigenvalue weighted by atomic mass is 9.94. The van der Waals surface area contributed by atoms with Gasteiger partial charge in [-0.05, 0) is 58.6 Å². The van der Waals surface area contributed by atoms with Gasteiger partial charge in [0.05, 0.1) is 24.6 Å². The zero-order chi connectivity index (χ0) is 23.2. The third-order valence-electron chi connectivity index (χ3n) is 7.30. The molecule has 0 spiro atoms. The number of benzene rings is 5. The van der Waals surface area contributed by atoms with E-state index in [1.54, 1.807) is 6.33 Å². The Labute approximate surface area is 199 Å². The van der Waals surface area contributed by atoms with E-state index >= 15 is 0 Å². The molecule has 0 amide bonds. The molecule has 4 heteroatoms. The van der Waals surface area contributed by atoms with Gasteiger partial charge in [-0.2, -0.15) is 0 Å². The van der Waals surface area contributed by atoms with E-state index in [0.717, 1.165) is 11.0 Å². The highest BCUT2D eigenvalue weighted by molar-refractivity contribution is 6.90. The summed E-state index contributed by atoms with van der Waals surface area (Å²) in [7, 11) is -1.70. The molecule has 0 saturated heterocycles. The normalized spacial score (nSPS) is 12.7. The number of nitrogens with zero attached hydrogens (tertiary/aromatic N) is 3. The first-order chi connectivity index (χ1) is 16.4. The molecule has 0 aliphatic rings. The minimum atomic E-state index is -1.70. The zero-order valence-corrected chi connectivity index (χ0v) is 20.8. The monoisotopic (exact) mass is 455 g/mol. The topological polar surface area (TPSA) is 30.7 Å². The fourth-order valence-electron chi connectivity index (χ4n) is 5.80. The van der Waals surface area contributed by atoms with Gasteiger partial charge >= 0.3 is 0 Å². The Balaban J connectivity index is 1.85. The fourth-order valence-corrected chi connectivity index (χ4v) is 7.31. The average molecular weight is 456 g/mol. The summed E-state index contributed by atoms with van der Waals surface area (Å²) in [5.41, 5.74) is 5.92. The van der Waals surface area contributed by atoms with Crippen LogP contribution in [-0.2, 0) is 0 Å². The second-order valence-electron chi connectivity index (χ2n) is 10.4. The number of fused-ring (bicyclic) bond motifs is 4. The third kappa shape index (κ3) is 2.52. The average Bonchev–Trinajstić information content (AvgIpc) is 3.15. The van der Waals surface area contributed by atoms with Crippen molar-refractivity contribution < 1.29 is 0 Å². The maximum Gasteiger partial charge on any atom is 0.116 e. The van der Waals surface area contributed by atoms with Crippen LogP contribution in [0, 0.1) is 6.92 Å². The molecule has 0 atom stereocenters. The number of para-hydroxylation sites is 1. The Kier molecular flexibility index (Phi) is 3.85. The van der Waals surface area contributed by atoms with Crippen molar-refractivity contribution in [3.8, 4) is 5.69 Å². The quantitative estimate of drug-likeness (QED) is 0.155. The molecule has 0 fully saturated rings. The van der Waals surface area contributed by atoms with Gasteiger partial charge in [-0.3, -0.25) is 0 Å². The first-order valence-electron chi connectivity index (χ1n) is 11.9. The van der Waals surface area contributed by atoms with Gasteiger partial charge in [0.2, 0.25) is 0 Å². The van der Waals surface area contributed by atoms with Crippen molar-refractivity contribution in [3.05, 3.63) is 84.8 Å². The van der Waals surface area contributed by atoms with E-state index in [2.05, 4.69) is 104 Å². The highest BCUT2D eigenvalue weighted by Crippen LogP contribution is 2.44. The molecular weight excluding hydrogens is 430 g/mol. The lowest BCUT2D eigenvalue weighted by Crippen LogP contribution is -2.39. The molecule has 2 aromatic heterocycles. The lowest BCUT2D eigenvalue weighted by molar-refractivity contribution is 1.07. The van der Waals surface area contributed by atoms with Crippen molar-refractivity contribution in [3.63, 3.8) is 0 Å². The maximum absolute atomic E-state index is 4.86. The predicted octanol–water partition coefficient (Wildman–Crippen LogP) is 7.32. The second-order valence-corrected chi connectivity index (χ2v) is 15.4. The first kappa shape index (κ1) is 19.7. The smallest absolute Gasteiger partial charge is 0.116 e. The summed E-state index contributed by atoms with van der Waals surface area (Å²) in [5.74, 6) is 0. The number of aryl methyl sites for hydroxylation is 1. The summed E-state index contributed by atoms with van der Waals surface area (Å²) in [6.45, 7) is 9.57. The molecule has 3 nitrogen and oxygen atoms in total. The minimum absolute atomic E-state index is 1.05. The van der Waals surface area contributed by atoms with Gasteiger partial charge in [0.1, 0.15) is 6.33 Å². The third-order valence-corrected chi connectivity index (χ3v) is 9.30. The van der Waals surface area contributed by atoms with Crippen molar-refractivity contribution in [2.24, 2.45) is 0 Å². The number of aromatic nitrogens is 3.